The Kier molecular flexibility index (Phi) is 5.77. The number of hydrogen-bond acceptors (Lipinski definition) is 4. The first-order valence-electron chi connectivity index (χ1n) is 7.96. The van der Waals surface area contributed by atoms with Crippen LogP contribution in [0.3, 0.4) is 0 Å². The molecule has 5 N–H and O–H groups in total. The van der Waals surface area contributed by atoms with E-state index in [1.165, 1.54) is 0 Å². The maximum Gasteiger partial charge on any atom is 0.405 e. The van der Waals surface area contributed by atoms with Crippen molar-refractivity contribution in [3.8, 4) is 0 Å². The summed E-state index contributed by atoms with van der Waals surface area (Å²) in [7, 11) is 0. The number of carbonyl (C=O) groups excluding carboxylic acids is 2. The van der Waals surface area contributed by atoms with Gasteiger partial charge in [-0.15, -0.1) is 0 Å². The summed E-state index contributed by atoms with van der Waals surface area (Å²) in [6.45, 7) is 3.57. The van der Waals surface area contributed by atoms with Crippen molar-refractivity contribution in [1.29, 1.82) is 0 Å². The van der Waals surface area contributed by atoms with Crippen LogP contribution >= 0.6 is 0 Å². The van der Waals surface area contributed by atoms with Crippen LogP contribution in [0.15, 0.2) is 54.6 Å². The highest BCUT2D eigenvalue weighted by Crippen LogP contribution is 2.20. The van der Waals surface area contributed by atoms with Crippen LogP contribution in [-0.4, -0.2) is 17.6 Å². The Morgan fingerprint density at radius 3 is 2.24 bits per heavy atom. The topological polar surface area (TPSA) is 107 Å². The van der Waals surface area contributed by atoms with Gasteiger partial charge >= 0.3 is 6.09 Å². The highest BCUT2D eigenvalue weighted by molar-refractivity contribution is 5.95. The van der Waals surface area contributed by atoms with Crippen molar-refractivity contribution in [3.05, 3.63) is 65.7 Å². The Balaban J connectivity index is 1.98. The SMILES string of the molecule is CC(C)(Cc1ccc(NC(=O)C(N)c2ccccc2)cc1)OC(N)=O. The third-order valence-corrected chi connectivity index (χ3v) is 3.67. The Morgan fingerprint density at radius 1 is 1.08 bits per heavy atom. The van der Waals surface area contributed by atoms with Gasteiger partial charge in [0.05, 0.1) is 0 Å². The lowest BCUT2D eigenvalue weighted by molar-refractivity contribution is -0.117. The minimum atomic E-state index is -0.802. The lowest BCUT2D eigenvalue weighted by Crippen LogP contribution is -2.33. The van der Waals surface area contributed by atoms with Crippen molar-refractivity contribution >= 4 is 17.7 Å². The predicted molar refractivity (Wildman–Crippen MR) is 96.9 cm³/mol. The van der Waals surface area contributed by atoms with E-state index in [0.717, 1.165) is 11.1 Å². The van der Waals surface area contributed by atoms with Gasteiger partial charge in [-0.2, -0.15) is 0 Å². The lowest BCUT2D eigenvalue weighted by Gasteiger charge is -2.24. The van der Waals surface area contributed by atoms with Gasteiger partial charge in [-0.25, -0.2) is 4.79 Å². The van der Waals surface area contributed by atoms with E-state index in [4.69, 9.17) is 16.2 Å². The van der Waals surface area contributed by atoms with E-state index in [9.17, 15) is 9.59 Å². The number of carbonyl (C=O) groups is 2. The first kappa shape index (κ1) is 18.5. The van der Waals surface area contributed by atoms with E-state index in [1.54, 1.807) is 26.0 Å². The molecule has 0 aliphatic rings. The molecule has 0 aliphatic heterocycles. The second kappa shape index (κ2) is 7.81. The van der Waals surface area contributed by atoms with Gasteiger partial charge in [-0.3, -0.25) is 4.79 Å². The molecule has 0 fully saturated rings. The molecule has 0 bridgehead atoms. The molecule has 132 valence electrons. The van der Waals surface area contributed by atoms with Gasteiger partial charge in [-0.1, -0.05) is 42.5 Å². The fourth-order valence-corrected chi connectivity index (χ4v) is 2.54. The van der Waals surface area contributed by atoms with E-state index in [-0.39, 0.29) is 5.91 Å². The minimum absolute atomic E-state index is 0.281. The molecule has 0 saturated heterocycles. The van der Waals surface area contributed by atoms with Crippen LogP contribution in [0.25, 0.3) is 0 Å². The zero-order chi connectivity index (χ0) is 18.4. The van der Waals surface area contributed by atoms with Crippen LogP contribution in [0.1, 0.15) is 31.0 Å². The van der Waals surface area contributed by atoms with E-state index < -0.39 is 17.7 Å². The van der Waals surface area contributed by atoms with E-state index >= 15 is 0 Å². The number of benzene rings is 2. The highest BCUT2D eigenvalue weighted by Gasteiger charge is 2.22. The number of anilines is 1. The van der Waals surface area contributed by atoms with Crippen LogP contribution in [-0.2, 0) is 16.0 Å². The van der Waals surface area contributed by atoms with E-state index in [0.29, 0.717) is 12.1 Å². The highest BCUT2D eigenvalue weighted by atomic mass is 16.6. The fraction of sp³-hybridized carbons (Fsp3) is 0.263. The van der Waals surface area contributed by atoms with Crippen molar-refractivity contribution in [2.24, 2.45) is 11.5 Å². The average Bonchev–Trinajstić information content (AvgIpc) is 2.55. The third kappa shape index (κ3) is 5.61. The number of rotatable bonds is 6. The zero-order valence-electron chi connectivity index (χ0n) is 14.4. The molecule has 1 unspecified atom stereocenters. The van der Waals surface area contributed by atoms with Gasteiger partial charge in [-0.05, 0) is 37.1 Å². The van der Waals surface area contributed by atoms with Gasteiger partial charge < -0.3 is 21.5 Å². The third-order valence-electron chi connectivity index (χ3n) is 3.67. The van der Waals surface area contributed by atoms with Gasteiger partial charge in [0.25, 0.3) is 0 Å². The molecule has 6 heteroatoms. The quantitative estimate of drug-likeness (QED) is 0.751. The Hall–Kier alpha value is -2.86. The second-order valence-electron chi connectivity index (χ2n) is 6.43. The summed E-state index contributed by atoms with van der Waals surface area (Å²) in [5, 5.41) is 2.79. The summed E-state index contributed by atoms with van der Waals surface area (Å²) >= 11 is 0. The Bertz CT molecular complexity index is 727. The standard InChI is InChI=1S/C19H23N3O3/c1-19(2,25-18(21)24)12-13-8-10-15(11-9-13)22-17(23)16(20)14-6-4-3-5-7-14/h3-11,16H,12,20H2,1-2H3,(H2,21,24)(H,22,23). The smallest absolute Gasteiger partial charge is 0.405 e. The minimum Gasteiger partial charge on any atom is -0.443 e. The van der Waals surface area contributed by atoms with Crippen molar-refractivity contribution in [3.63, 3.8) is 0 Å². The fourth-order valence-electron chi connectivity index (χ4n) is 2.54. The predicted octanol–water partition coefficient (Wildman–Crippen LogP) is 2.74. The molecule has 0 heterocycles. The summed E-state index contributed by atoms with van der Waals surface area (Å²) in [6, 6.07) is 15.7. The maximum absolute atomic E-state index is 12.2. The van der Waals surface area contributed by atoms with Crippen LogP contribution in [0.2, 0.25) is 0 Å². The van der Waals surface area contributed by atoms with Crippen LogP contribution in [0.4, 0.5) is 10.5 Å². The first-order valence-corrected chi connectivity index (χ1v) is 7.96. The molecule has 2 aromatic rings. The molecule has 6 nitrogen and oxygen atoms in total. The Labute approximate surface area is 147 Å². The van der Waals surface area contributed by atoms with Crippen LogP contribution < -0.4 is 16.8 Å². The molecule has 0 radical (unpaired) electrons. The summed E-state index contributed by atoms with van der Waals surface area (Å²) in [5.41, 5.74) is 12.7. The molecule has 0 aliphatic carbocycles. The monoisotopic (exact) mass is 341 g/mol. The van der Waals surface area contributed by atoms with Crippen molar-refractivity contribution < 1.29 is 14.3 Å². The number of nitrogens with one attached hydrogen (secondary N) is 1. The van der Waals surface area contributed by atoms with Gasteiger partial charge in [0.15, 0.2) is 0 Å². The molecule has 0 aromatic heterocycles. The summed E-state index contributed by atoms with van der Waals surface area (Å²) < 4.78 is 5.07. The molecular formula is C19H23N3O3. The maximum atomic E-state index is 12.2. The molecule has 2 aromatic carbocycles. The normalized spacial score (nSPS) is 12.3. The van der Waals surface area contributed by atoms with Crippen molar-refractivity contribution in [2.45, 2.75) is 31.9 Å². The average molecular weight is 341 g/mol. The van der Waals surface area contributed by atoms with Crippen LogP contribution in [0, 0.1) is 0 Å². The first-order chi connectivity index (χ1) is 11.8. The molecule has 0 saturated carbocycles. The number of primary amides is 1. The number of amides is 2. The summed E-state index contributed by atoms with van der Waals surface area (Å²) in [5.74, 6) is -0.281. The van der Waals surface area contributed by atoms with Crippen molar-refractivity contribution in [1.82, 2.24) is 0 Å². The van der Waals surface area contributed by atoms with Gasteiger partial charge in [0.2, 0.25) is 5.91 Å². The molecule has 1 atom stereocenters. The zero-order valence-corrected chi connectivity index (χ0v) is 14.4. The second-order valence-corrected chi connectivity index (χ2v) is 6.43. The Morgan fingerprint density at radius 2 is 1.68 bits per heavy atom. The number of ether oxygens (including phenoxy) is 1. The van der Waals surface area contributed by atoms with Crippen molar-refractivity contribution in [2.75, 3.05) is 5.32 Å². The summed E-state index contributed by atoms with van der Waals surface area (Å²) in [6.07, 6.45) is -0.294. The largest absolute Gasteiger partial charge is 0.443 e. The molecule has 2 amide bonds. The van der Waals surface area contributed by atoms with Gasteiger partial charge in [0.1, 0.15) is 11.6 Å². The van der Waals surface area contributed by atoms with Gasteiger partial charge in [0, 0.05) is 12.1 Å². The lowest BCUT2D eigenvalue weighted by atomic mass is 9.98. The summed E-state index contributed by atoms with van der Waals surface area (Å²) in [4.78, 5) is 23.1. The molecule has 2 rings (SSSR count). The van der Waals surface area contributed by atoms with E-state index in [1.807, 2.05) is 42.5 Å². The van der Waals surface area contributed by atoms with E-state index in [2.05, 4.69) is 5.32 Å². The number of hydrogen-bond donors (Lipinski definition) is 3. The molecule has 25 heavy (non-hydrogen) atoms. The molecule has 0 spiro atoms. The molecular weight excluding hydrogens is 318 g/mol. The number of nitrogens with two attached hydrogens (primary N) is 2. The van der Waals surface area contributed by atoms with Crippen LogP contribution in [0.5, 0.6) is 0 Å².